The molecule has 1 aromatic carbocycles. The van der Waals surface area contributed by atoms with Gasteiger partial charge in [-0.1, -0.05) is 6.07 Å². The molecule has 8 nitrogen and oxygen atoms in total. The highest BCUT2D eigenvalue weighted by Gasteiger charge is 2.15. The van der Waals surface area contributed by atoms with E-state index in [0.29, 0.717) is 12.4 Å². The number of imidazole rings is 1. The van der Waals surface area contributed by atoms with E-state index in [0.717, 1.165) is 5.56 Å². The fraction of sp³-hybridized carbons (Fsp3) is 0.286. The van der Waals surface area contributed by atoms with E-state index in [1.807, 2.05) is 18.7 Å². The van der Waals surface area contributed by atoms with Crippen molar-refractivity contribution in [1.82, 2.24) is 14.6 Å². The predicted octanol–water partition coefficient (Wildman–Crippen LogP) is 2.17. The first-order valence-corrected chi connectivity index (χ1v) is 6.55. The van der Waals surface area contributed by atoms with Crippen molar-refractivity contribution in [3.63, 3.8) is 0 Å². The van der Waals surface area contributed by atoms with Crippen molar-refractivity contribution in [2.75, 3.05) is 21.2 Å². The molecule has 23 heavy (non-hydrogen) atoms. The van der Waals surface area contributed by atoms with Crippen LogP contribution < -0.4 is 4.74 Å². The van der Waals surface area contributed by atoms with Gasteiger partial charge in [-0.3, -0.25) is 10.1 Å². The smallest absolute Gasteiger partial charge is 0.311 e. The lowest BCUT2D eigenvalue weighted by atomic mass is 10.2. The molecule has 0 radical (unpaired) electrons. The summed E-state index contributed by atoms with van der Waals surface area (Å²) in [5.74, 6) is 0.918. The zero-order chi connectivity index (χ0) is 16.1. The molecule has 0 spiro atoms. The molecule has 0 saturated heterocycles. The summed E-state index contributed by atoms with van der Waals surface area (Å²) in [7, 11) is 5.04. The van der Waals surface area contributed by atoms with Gasteiger partial charge in [-0.2, -0.15) is 5.10 Å². The summed E-state index contributed by atoms with van der Waals surface area (Å²) in [4.78, 5) is 14.8. The van der Waals surface area contributed by atoms with E-state index in [1.165, 1.54) is 13.2 Å². The van der Waals surface area contributed by atoms with Gasteiger partial charge in [-0.25, -0.2) is 4.98 Å². The normalized spacial score (nSPS) is 10.4. The minimum Gasteiger partial charge on any atom is -0.490 e. The average Bonchev–Trinajstić information content (AvgIpc) is 2.92. The number of hydrogen-bond donors (Lipinski definition) is 0. The Morgan fingerprint density at radius 1 is 1.48 bits per heavy atom. The van der Waals surface area contributed by atoms with Gasteiger partial charge in [0.2, 0.25) is 0 Å². The van der Waals surface area contributed by atoms with Crippen LogP contribution in [0.3, 0.4) is 0 Å². The van der Waals surface area contributed by atoms with Crippen molar-refractivity contribution in [3.05, 3.63) is 52.1 Å². The van der Waals surface area contributed by atoms with Crippen LogP contribution in [0.2, 0.25) is 0 Å². The Bertz CT molecular complexity index is 699. The van der Waals surface area contributed by atoms with Crippen molar-refractivity contribution in [2.24, 2.45) is 5.10 Å². The molecule has 2 aromatic rings. The van der Waals surface area contributed by atoms with Gasteiger partial charge >= 0.3 is 5.69 Å². The third kappa shape index (κ3) is 4.68. The number of rotatable bonds is 6. The number of hydrazone groups is 1. The van der Waals surface area contributed by atoms with Gasteiger partial charge in [-0.15, -0.1) is 12.4 Å². The number of nitro benzene ring substituents is 1. The number of nitrogens with zero attached hydrogens (tertiary/aromatic N) is 5. The molecule has 0 amide bonds. The van der Waals surface area contributed by atoms with E-state index in [4.69, 9.17) is 4.74 Å². The number of ether oxygens (including phenoxy) is 1. The van der Waals surface area contributed by atoms with E-state index in [1.54, 1.807) is 35.7 Å². The average molecular weight is 340 g/mol. The number of nitro groups is 1. The maximum atomic E-state index is 11.1. The van der Waals surface area contributed by atoms with Crippen LogP contribution in [0.5, 0.6) is 5.75 Å². The van der Waals surface area contributed by atoms with Crippen LogP contribution in [0.15, 0.2) is 35.7 Å². The Morgan fingerprint density at radius 3 is 2.83 bits per heavy atom. The third-order valence-corrected chi connectivity index (χ3v) is 2.94. The molecule has 0 bridgehead atoms. The second kappa shape index (κ2) is 8.14. The minimum atomic E-state index is -0.454. The molecule has 1 heterocycles. The molecule has 0 atom stereocenters. The summed E-state index contributed by atoms with van der Waals surface area (Å²) >= 11 is 0. The molecule has 0 aliphatic rings. The van der Waals surface area contributed by atoms with E-state index in [-0.39, 0.29) is 23.8 Å². The number of methoxy groups -OCH3 is 1. The predicted molar refractivity (Wildman–Crippen MR) is 89.5 cm³/mol. The second-order valence-corrected chi connectivity index (χ2v) is 4.77. The van der Waals surface area contributed by atoms with Gasteiger partial charge in [0, 0.05) is 39.1 Å². The van der Waals surface area contributed by atoms with Crippen molar-refractivity contribution >= 4 is 24.3 Å². The van der Waals surface area contributed by atoms with Crippen molar-refractivity contribution in [2.45, 2.75) is 6.54 Å². The van der Waals surface area contributed by atoms with Crippen LogP contribution in [-0.4, -0.2) is 46.9 Å². The van der Waals surface area contributed by atoms with E-state index < -0.39 is 4.92 Å². The molecule has 124 valence electrons. The Labute approximate surface area is 139 Å². The Hall–Kier alpha value is -2.61. The molecule has 2 rings (SSSR count). The molecule has 0 aliphatic heterocycles. The van der Waals surface area contributed by atoms with Crippen LogP contribution in [0, 0.1) is 10.1 Å². The zero-order valence-electron chi connectivity index (χ0n) is 13.0. The summed E-state index contributed by atoms with van der Waals surface area (Å²) in [6.07, 6.45) is 5.10. The van der Waals surface area contributed by atoms with Crippen LogP contribution in [0.25, 0.3) is 0 Å². The highest BCUT2D eigenvalue weighted by atomic mass is 35.5. The fourth-order valence-electron chi connectivity index (χ4n) is 1.92. The van der Waals surface area contributed by atoms with Crippen LogP contribution in [-0.2, 0) is 6.54 Å². The maximum absolute atomic E-state index is 11.1. The molecule has 9 heteroatoms. The van der Waals surface area contributed by atoms with E-state index in [2.05, 4.69) is 10.1 Å². The summed E-state index contributed by atoms with van der Waals surface area (Å²) < 4.78 is 6.86. The van der Waals surface area contributed by atoms with Gasteiger partial charge in [0.15, 0.2) is 11.6 Å². The standard InChI is InChI=1S/C14H17N5O3.ClH/c1-17(2)16-9-14-15-6-7-18(14)10-11-4-5-13(22-3)12(8-11)19(20)21;/h4-9H,10H2,1-3H3;1H/b16-9-;. The first-order valence-electron chi connectivity index (χ1n) is 6.55. The van der Waals surface area contributed by atoms with Crippen LogP contribution >= 0.6 is 12.4 Å². The highest BCUT2D eigenvalue weighted by molar-refractivity contribution is 5.85. The lowest BCUT2D eigenvalue weighted by Gasteiger charge is -2.08. The molecular weight excluding hydrogens is 322 g/mol. The third-order valence-electron chi connectivity index (χ3n) is 2.94. The summed E-state index contributed by atoms with van der Waals surface area (Å²) in [5, 5.41) is 16.9. The fourth-order valence-corrected chi connectivity index (χ4v) is 1.92. The molecule has 0 aliphatic carbocycles. The van der Waals surface area contributed by atoms with Crippen LogP contribution in [0.1, 0.15) is 11.4 Å². The topological polar surface area (TPSA) is 85.8 Å². The molecule has 1 aromatic heterocycles. The number of hydrogen-bond acceptors (Lipinski definition) is 6. The van der Waals surface area contributed by atoms with Crippen molar-refractivity contribution in [1.29, 1.82) is 0 Å². The van der Waals surface area contributed by atoms with Gasteiger partial charge in [-0.05, 0) is 11.6 Å². The zero-order valence-corrected chi connectivity index (χ0v) is 13.9. The Balaban J connectivity index is 0.00000264. The Kier molecular flexibility index (Phi) is 6.52. The summed E-state index contributed by atoms with van der Waals surface area (Å²) in [6, 6.07) is 4.89. The summed E-state index contributed by atoms with van der Waals surface area (Å²) in [6.45, 7) is 0.458. The lowest BCUT2D eigenvalue weighted by Crippen LogP contribution is -2.07. The van der Waals surface area contributed by atoms with Crippen LogP contribution in [0.4, 0.5) is 5.69 Å². The SMILES string of the molecule is COc1ccc(Cn2ccnc2/C=N\N(C)C)cc1[N+](=O)[O-].Cl. The number of benzene rings is 1. The van der Waals surface area contributed by atoms with Gasteiger partial charge in [0.1, 0.15) is 0 Å². The first-order chi connectivity index (χ1) is 10.5. The Morgan fingerprint density at radius 2 is 2.22 bits per heavy atom. The molecule has 0 fully saturated rings. The highest BCUT2D eigenvalue weighted by Crippen LogP contribution is 2.27. The monoisotopic (exact) mass is 339 g/mol. The second-order valence-electron chi connectivity index (χ2n) is 4.77. The number of aromatic nitrogens is 2. The van der Waals surface area contributed by atoms with Crippen molar-refractivity contribution < 1.29 is 9.66 Å². The number of halogens is 1. The molecule has 0 saturated carbocycles. The first kappa shape index (κ1) is 18.4. The minimum absolute atomic E-state index is 0. The van der Waals surface area contributed by atoms with Gasteiger partial charge in [0.05, 0.1) is 18.2 Å². The van der Waals surface area contributed by atoms with Gasteiger partial charge in [0.25, 0.3) is 0 Å². The molecular formula is C14H18ClN5O3. The summed E-state index contributed by atoms with van der Waals surface area (Å²) in [5.41, 5.74) is 0.730. The maximum Gasteiger partial charge on any atom is 0.311 e. The largest absolute Gasteiger partial charge is 0.490 e. The van der Waals surface area contributed by atoms with Gasteiger partial charge < -0.3 is 14.3 Å². The molecule has 0 N–H and O–H groups in total. The molecule has 0 unspecified atom stereocenters. The van der Waals surface area contributed by atoms with E-state index >= 15 is 0 Å². The quantitative estimate of drug-likeness (QED) is 0.457. The van der Waals surface area contributed by atoms with Crippen molar-refractivity contribution in [3.8, 4) is 5.75 Å². The van der Waals surface area contributed by atoms with E-state index in [9.17, 15) is 10.1 Å². The lowest BCUT2D eigenvalue weighted by molar-refractivity contribution is -0.385.